The topological polar surface area (TPSA) is 66.7 Å². The van der Waals surface area contributed by atoms with Crippen LogP contribution in [0.3, 0.4) is 0 Å². The third-order valence-corrected chi connectivity index (χ3v) is 6.16. The van der Waals surface area contributed by atoms with Gasteiger partial charge in [-0.3, -0.25) is 9.89 Å². The first-order valence-corrected chi connectivity index (χ1v) is 11.5. The van der Waals surface area contributed by atoms with E-state index in [4.69, 9.17) is 4.74 Å². The Kier molecular flexibility index (Phi) is 9.80. The van der Waals surface area contributed by atoms with E-state index in [2.05, 4.69) is 54.3 Å². The minimum Gasteiger partial charge on any atom is -0.496 e. The summed E-state index contributed by atoms with van der Waals surface area (Å²) >= 11 is 0. The van der Waals surface area contributed by atoms with Crippen molar-refractivity contribution in [3.63, 3.8) is 0 Å². The van der Waals surface area contributed by atoms with Crippen molar-refractivity contribution in [1.29, 1.82) is 0 Å². The molecule has 1 saturated heterocycles. The summed E-state index contributed by atoms with van der Waals surface area (Å²) in [5.41, 5.74) is 3.45. The van der Waals surface area contributed by atoms with Gasteiger partial charge in [-0.2, -0.15) is 0 Å². The number of aryl methyl sites for hydroxylation is 1. The highest BCUT2D eigenvalue weighted by molar-refractivity contribution is 14.0. The summed E-state index contributed by atoms with van der Waals surface area (Å²) in [6.45, 7) is 4.79. The number of nitrogens with one attached hydrogen (secondary N) is 2. The second-order valence-corrected chi connectivity index (χ2v) is 8.16. The summed E-state index contributed by atoms with van der Waals surface area (Å²) in [4.78, 5) is 11.4. The molecular formula is C25H35IN6O. The molecule has 4 rings (SSSR count). The molecule has 0 aliphatic carbocycles. The van der Waals surface area contributed by atoms with Gasteiger partial charge in [-0.05, 0) is 50.6 Å². The molecular weight excluding hydrogens is 527 g/mol. The van der Waals surface area contributed by atoms with E-state index < -0.39 is 0 Å². The number of fused-ring (bicyclic) bond motifs is 1. The van der Waals surface area contributed by atoms with E-state index in [1.807, 2.05) is 37.6 Å². The normalized spacial score (nSPS) is 15.3. The number of para-hydroxylation sites is 3. The summed E-state index contributed by atoms with van der Waals surface area (Å²) < 4.78 is 7.86. The standard InChI is InChI=1S/C25H34N6O.HI/c1-26-25(27-14-9-17-31-19-29-21-11-4-5-12-22(21)31)28-18-23(30-15-7-8-16-30)20-10-3-6-13-24(20)32-2;/h3-6,10-13,19,23H,7-9,14-18H2,1-2H3,(H2,26,27,28);1H. The summed E-state index contributed by atoms with van der Waals surface area (Å²) in [7, 11) is 3.57. The predicted molar refractivity (Wildman–Crippen MR) is 146 cm³/mol. The van der Waals surface area contributed by atoms with E-state index >= 15 is 0 Å². The Morgan fingerprint density at radius 1 is 1.09 bits per heavy atom. The lowest BCUT2D eigenvalue weighted by atomic mass is 10.0. The van der Waals surface area contributed by atoms with E-state index in [1.54, 1.807) is 7.11 Å². The molecule has 3 aromatic rings. The number of imidazole rings is 1. The summed E-state index contributed by atoms with van der Waals surface area (Å²) in [5.74, 6) is 1.78. The smallest absolute Gasteiger partial charge is 0.191 e. The fraction of sp³-hybridized carbons (Fsp3) is 0.440. The minimum atomic E-state index is 0. The lowest BCUT2D eigenvalue weighted by Gasteiger charge is -2.30. The minimum absolute atomic E-state index is 0. The lowest BCUT2D eigenvalue weighted by Crippen LogP contribution is -2.43. The highest BCUT2D eigenvalue weighted by Crippen LogP contribution is 2.31. The van der Waals surface area contributed by atoms with Crippen molar-refractivity contribution in [3.05, 3.63) is 60.4 Å². The van der Waals surface area contributed by atoms with Crippen LogP contribution in [0.1, 0.15) is 30.9 Å². The molecule has 1 unspecified atom stereocenters. The summed E-state index contributed by atoms with van der Waals surface area (Å²) in [6.07, 6.45) is 5.41. The summed E-state index contributed by atoms with van der Waals surface area (Å²) in [6, 6.07) is 16.8. The molecule has 2 heterocycles. The predicted octanol–water partition coefficient (Wildman–Crippen LogP) is 4.06. The maximum Gasteiger partial charge on any atom is 0.191 e. The molecule has 0 radical (unpaired) electrons. The van der Waals surface area contributed by atoms with Crippen LogP contribution in [0, 0.1) is 0 Å². The van der Waals surface area contributed by atoms with Crippen LogP contribution in [-0.4, -0.2) is 60.7 Å². The Hall–Kier alpha value is -2.33. The van der Waals surface area contributed by atoms with Gasteiger partial charge in [0.25, 0.3) is 0 Å². The highest BCUT2D eigenvalue weighted by atomic mass is 127. The first-order chi connectivity index (χ1) is 15.8. The van der Waals surface area contributed by atoms with E-state index in [0.717, 1.165) is 56.4 Å². The van der Waals surface area contributed by atoms with Gasteiger partial charge < -0.3 is 19.9 Å². The molecule has 1 fully saturated rings. The number of halogens is 1. The van der Waals surface area contributed by atoms with Gasteiger partial charge in [0.15, 0.2) is 5.96 Å². The number of methoxy groups -OCH3 is 1. The number of aromatic nitrogens is 2. The van der Waals surface area contributed by atoms with Gasteiger partial charge in [0.2, 0.25) is 0 Å². The van der Waals surface area contributed by atoms with E-state index in [9.17, 15) is 0 Å². The average molecular weight is 563 g/mol. The molecule has 2 N–H and O–H groups in total. The number of hydrogen-bond donors (Lipinski definition) is 2. The van der Waals surface area contributed by atoms with E-state index in [0.29, 0.717) is 0 Å². The summed E-state index contributed by atoms with van der Waals surface area (Å²) in [5, 5.41) is 7.00. The molecule has 2 aromatic carbocycles. The SMILES string of the molecule is CN=C(NCCCn1cnc2ccccc21)NCC(c1ccccc1OC)N1CCCC1.I. The molecule has 0 bridgehead atoms. The highest BCUT2D eigenvalue weighted by Gasteiger charge is 2.26. The van der Waals surface area contributed by atoms with E-state index in [-0.39, 0.29) is 30.0 Å². The molecule has 1 atom stereocenters. The third-order valence-electron chi connectivity index (χ3n) is 6.16. The number of aliphatic imine (C=N–C) groups is 1. The number of nitrogens with zero attached hydrogens (tertiary/aromatic N) is 4. The molecule has 7 nitrogen and oxygen atoms in total. The van der Waals surface area contributed by atoms with Gasteiger partial charge in [-0.25, -0.2) is 4.98 Å². The van der Waals surface area contributed by atoms with Gasteiger partial charge in [0.05, 0.1) is 30.5 Å². The first kappa shape index (κ1) is 25.3. The van der Waals surface area contributed by atoms with Crippen LogP contribution in [0.25, 0.3) is 11.0 Å². The second kappa shape index (κ2) is 12.8. The molecule has 0 spiro atoms. The largest absolute Gasteiger partial charge is 0.496 e. The average Bonchev–Trinajstić information content (AvgIpc) is 3.51. The van der Waals surface area contributed by atoms with Gasteiger partial charge in [0, 0.05) is 32.2 Å². The Morgan fingerprint density at radius 3 is 2.64 bits per heavy atom. The van der Waals surface area contributed by atoms with Gasteiger partial charge >= 0.3 is 0 Å². The fourth-order valence-corrected chi connectivity index (χ4v) is 4.49. The number of guanidine groups is 1. The van der Waals surface area contributed by atoms with Crippen LogP contribution in [0.2, 0.25) is 0 Å². The zero-order chi connectivity index (χ0) is 22.2. The second-order valence-electron chi connectivity index (χ2n) is 8.16. The maximum absolute atomic E-state index is 5.66. The fourth-order valence-electron chi connectivity index (χ4n) is 4.49. The third kappa shape index (κ3) is 6.38. The molecule has 1 aliphatic rings. The quantitative estimate of drug-likeness (QED) is 0.178. The molecule has 1 aliphatic heterocycles. The van der Waals surface area contributed by atoms with Crippen molar-refractivity contribution in [2.45, 2.75) is 31.8 Å². The van der Waals surface area contributed by atoms with Crippen LogP contribution in [-0.2, 0) is 6.54 Å². The van der Waals surface area contributed by atoms with Crippen molar-refractivity contribution in [3.8, 4) is 5.75 Å². The van der Waals surface area contributed by atoms with Crippen molar-refractivity contribution in [2.24, 2.45) is 4.99 Å². The zero-order valence-corrected chi connectivity index (χ0v) is 21.9. The Balaban J connectivity index is 0.00000306. The molecule has 33 heavy (non-hydrogen) atoms. The van der Waals surface area contributed by atoms with Gasteiger partial charge in [-0.15, -0.1) is 24.0 Å². The molecule has 0 amide bonds. The lowest BCUT2D eigenvalue weighted by molar-refractivity contribution is 0.239. The van der Waals surface area contributed by atoms with E-state index in [1.165, 1.54) is 23.9 Å². The van der Waals surface area contributed by atoms with Crippen LogP contribution >= 0.6 is 24.0 Å². The Labute approximate surface area is 213 Å². The van der Waals surface area contributed by atoms with Crippen molar-refractivity contribution < 1.29 is 4.74 Å². The number of hydrogen-bond acceptors (Lipinski definition) is 4. The Morgan fingerprint density at radius 2 is 1.85 bits per heavy atom. The van der Waals surface area contributed by atoms with Gasteiger partial charge in [-0.1, -0.05) is 30.3 Å². The first-order valence-electron chi connectivity index (χ1n) is 11.5. The molecule has 1 aromatic heterocycles. The Bertz CT molecular complexity index is 1030. The van der Waals surface area contributed by atoms with Gasteiger partial charge in [0.1, 0.15) is 5.75 Å². The maximum atomic E-state index is 5.66. The van der Waals surface area contributed by atoms with Crippen LogP contribution in [0.5, 0.6) is 5.75 Å². The number of rotatable bonds is 9. The number of likely N-dealkylation sites (tertiary alicyclic amines) is 1. The van der Waals surface area contributed by atoms with Crippen LogP contribution < -0.4 is 15.4 Å². The van der Waals surface area contributed by atoms with Crippen molar-refractivity contribution in [1.82, 2.24) is 25.1 Å². The molecule has 8 heteroatoms. The zero-order valence-electron chi connectivity index (χ0n) is 19.5. The number of ether oxygens (including phenoxy) is 1. The van der Waals surface area contributed by atoms with Crippen LogP contribution in [0.15, 0.2) is 59.9 Å². The van der Waals surface area contributed by atoms with Crippen molar-refractivity contribution >= 4 is 41.0 Å². The van der Waals surface area contributed by atoms with Crippen LogP contribution in [0.4, 0.5) is 0 Å². The monoisotopic (exact) mass is 562 g/mol. The number of benzene rings is 2. The molecule has 178 valence electrons. The van der Waals surface area contributed by atoms with Crippen molar-refractivity contribution in [2.75, 3.05) is 40.3 Å². The molecule has 0 saturated carbocycles.